The molecule has 0 aliphatic carbocycles. The van der Waals surface area contributed by atoms with Crippen LogP contribution in [-0.2, 0) is 12.5 Å². The number of hydrogen-bond donors (Lipinski definition) is 0. The fourth-order valence-electron chi connectivity index (χ4n) is 3.42. The van der Waals surface area contributed by atoms with Crippen molar-refractivity contribution in [1.29, 1.82) is 0 Å². The van der Waals surface area contributed by atoms with E-state index in [-0.39, 0.29) is 5.41 Å². The molecule has 2 heteroatoms. The lowest BCUT2D eigenvalue weighted by atomic mass is 9.83. The third kappa shape index (κ3) is 2.14. The number of aryl methyl sites for hydroxylation is 1. The van der Waals surface area contributed by atoms with Crippen molar-refractivity contribution < 1.29 is 4.57 Å². The van der Waals surface area contributed by atoms with Crippen molar-refractivity contribution in [2.24, 2.45) is 7.05 Å². The first-order valence-electron chi connectivity index (χ1n) is 7.89. The molecule has 0 unspecified atom stereocenters. The summed E-state index contributed by atoms with van der Waals surface area (Å²) < 4.78 is 4.64. The van der Waals surface area contributed by atoms with Crippen LogP contribution in [0.2, 0.25) is 0 Å². The predicted octanol–water partition coefficient (Wildman–Crippen LogP) is 4.37. The van der Waals surface area contributed by atoms with E-state index in [1.807, 2.05) is 0 Å². The minimum Gasteiger partial charge on any atom is -0.230 e. The zero-order valence-corrected chi connectivity index (χ0v) is 14.4. The van der Waals surface area contributed by atoms with Crippen LogP contribution in [0, 0.1) is 13.8 Å². The summed E-state index contributed by atoms with van der Waals surface area (Å²) in [6.45, 7) is 11.3. The monoisotopic (exact) mass is 293 g/mol. The molecular formula is C20H25N2+. The van der Waals surface area contributed by atoms with Crippen molar-refractivity contribution in [2.75, 3.05) is 0 Å². The molecule has 3 rings (SSSR count). The molecule has 0 amide bonds. The van der Waals surface area contributed by atoms with Gasteiger partial charge >= 0.3 is 0 Å². The van der Waals surface area contributed by atoms with E-state index < -0.39 is 0 Å². The molecule has 114 valence electrons. The van der Waals surface area contributed by atoms with Crippen molar-refractivity contribution >= 4 is 11.0 Å². The van der Waals surface area contributed by atoms with E-state index in [9.17, 15) is 0 Å². The van der Waals surface area contributed by atoms with Gasteiger partial charge in [0.25, 0.3) is 5.82 Å². The molecule has 1 heterocycles. The predicted molar refractivity (Wildman–Crippen MR) is 92.6 cm³/mol. The van der Waals surface area contributed by atoms with Gasteiger partial charge < -0.3 is 0 Å². The van der Waals surface area contributed by atoms with Crippen LogP contribution < -0.4 is 4.57 Å². The van der Waals surface area contributed by atoms with Gasteiger partial charge in [-0.2, -0.15) is 4.57 Å². The van der Waals surface area contributed by atoms with Crippen molar-refractivity contribution in [3.8, 4) is 5.69 Å². The SMILES string of the molecule is Cc1c(-n2c(C)[n+](C)c3ccccc32)cccc1C(C)(C)C. The molecule has 0 fully saturated rings. The largest absolute Gasteiger partial charge is 0.259 e. The van der Waals surface area contributed by atoms with Crippen molar-refractivity contribution in [2.45, 2.75) is 40.0 Å². The lowest BCUT2D eigenvalue weighted by Crippen LogP contribution is -2.30. The summed E-state index contributed by atoms with van der Waals surface area (Å²) in [5.41, 5.74) is 6.72. The molecule has 2 nitrogen and oxygen atoms in total. The standard InChI is InChI=1S/C20H25N2/c1-14-16(20(3,4)5)10-9-13-17(14)22-15(2)21(6)18-11-7-8-12-19(18)22/h7-13H,1-6H3/q+1. The Balaban J connectivity index is 2.37. The normalized spacial score (nSPS) is 12.1. The Kier molecular flexibility index (Phi) is 3.36. The third-order valence-electron chi connectivity index (χ3n) is 4.65. The highest BCUT2D eigenvalue weighted by Gasteiger charge is 2.25. The molecule has 0 atom stereocenters. The van der Waals surface area contributed by atoms with E-state index in [0.29, 0.717) is 0 Å². The van der Waals surface area contributed by atoms with Gasteiger partial charge in [0.05, 0.1) is 7.05 Å². The quantitative estimate of drug-likeness (QED) is 0.589. The summed E-state index contributed by atoms with van der Waals surface area (Å²) in [6, 6.07) is 15.3. The lowest BCUT2D eigenvalue weighted by Gasteiger charge is -2.22. The molecule has 0 N–H and O–H groups in total. The topological polar surface area (TPSA) is 8.81 Å². The number of aromatic nitrogens is 2. The van der Waals surface area contributed by atoms with Crippen LogP contribution in [0.25, 0.3) is 16.7 Å². The van der Waals surface area contributed by atoms with Crippen LogP contribution in [0.3, 0.4) is 0 Å². The van der Waals surface area contributed by atoms with Crippen molar-refractivity contribution in [1.82, 2.24) is 4.57 Å². The van der Waals surface area contributed by atoms with Crippen molar-refractivity contribution in [3.63, 3.8) is 0 Å². The second-order valence-electron chi connectivity index (χ2n) is 7.13. The van der Waals surface area contributed by atoms with Crippen LogP contribution >= 0.6 is 0 Å². The lowest BCUT2D eigenvalue weighted by molar-refractivity contribution is -0.652. The summed E-state index contributed by atoms with van der Waals surface area (Å²) in [5, 5.41) is 0. The summed E-state index contributed by atoms with van der Waals surface area (Å²) in [5.74, 6) is 1.25. The first kappa shape index (κ1) is 14.8. The maximum atomic E-state index is 2.37. The summed E-state index contributed by atoms with van der Waals surface area (Å²) in [6.07, 6.45) is 0. The second-order valence-corrected chi connectivity index (χ2v) is 7.13. The first-order valence-corrected chi connectivity index (χ1v) is 7.89. The van der Waals surface area contributed by atoms with Gasteiger partial charge in [0.15, 0.2) is 11.0 Å². The number of fused-ring (bicyclic) bond motifs is 1. The summed E-state index contributed by atoms with van der Waals surface area (Å²) in [4.78, 5) is 0. The number of imidazole rings is 1. The average Bonchev–Trinajstić information content (AvgIpc) is 2.71. The van der Waals surface area contributed by atoms with Gasteiger partial charge in [0.1, 0.15) is 5.69 Å². The highest BCUT2D eigenvalue weighted by molar-refractivity contribution is 5.75. The Hall–Kier alpha value is -2.09. The van der Waals surface area contributed by atoms with Gasteiger partial charge in [0.2, 0.25) is 0 Å². The molecule has 0 saturated heterocycles. The smallest absolute Gasteiger partial charge is 0.230 e. The van der Waals surface area contributed by atoms with Gasteiger partial charge in [-0.1, -0.05) is 45.0 Å². The molecule has 22 heavy (non-hydrogen) atoms. The molecule has 0 radical (unpaired) electrons. The van der Waals surface area contributed by atoms with Gasteiger partial charge in [-0.25, -0.2) is 4.57 Å². The molecule has 0 spiro atoms. The number of hydrogen-bond acceptors (Lipinski definition) is 0. The number of benzene rings is 2. The zero-order chi connectivity index (χ0) is 16.1. The van der Waals surface area contributed by atoms with Gasteiger partial charge in [-0.3, -0.25) is 0 Å². The minimum atomic E-state index is 0.152. The maximum Gasteiger partial charge on any atom is 0.259 e. The number of nitrogens with zero attached hydrogens (tertiary/aromatic N) is 2. The molecule has 0 aliphatic rings. The molecule has 0 bridgehead atoms. The highest BCUT2D eigenvalue weighted by Crippen LogP contribution is 2.30. The molecular weight excluding hydrogens is 268 g/mol. The third-order valence-corrected chi connectivity index (χ3v) is 4.65. The highest BCUT2D eigenvalue weighted by atomic mass is 15.2. The van der Waals surface area contributed by atoms with E-state index in [4.69, 9.17) is 0 Å². The summed E-state index contributed by atoms with van der Waals surface area (Å²) in [7, 11) is 2.14. The first-order chi connectivity index (χ1) is 10.3. The Morgan fingerprint density at radius 1 is 0.909 bits per heavy atom. The fraction of sp³-hybridized carbons (Fsp3) is 0.350. The van der Waals surface area contributed by atoms with E-state index in [1.165, 1.54) is 33.7 Å². The minimum absolute atomic E-state index is 0.152. The van der Waals surface area contributed by atoms with Crippen LogP contribution in [0.4, 0.5) is 0 Å². The van der Waals surface area contributed by atoms with Crippen LogP contribution in [0.15, 0.2) is 42.5 Å². The Morgan fingerprint density at radius 3 is 2.27 bits per heavy atom. The van der Waals surface area contributed by atoms with Gasteiger partial charge in [0, 0.05) is 6.92 Å². The van der Waals surface area contributed by atoms with E-state index >= 15 is 0 Å². The fourth-order valence-corrected chi connectivity index (χ4v) is 3.42. The Bertz CT molecular complexity index is 848. The Morgan fingerprint density at radius 2 is 1.59 bits per heavy atom. The molecule has 3 aromatic rings. The molecule has 2 aromatic carbocycles. The van der Waals surface area contributed by atoms with Gasteiger partial charge in [-0.15, -0.1) is 0 Å². The summed E-state index contributed by atoms with van der Waals surface area (Å²) >= 11 is 0. The van der Waals surface area contributed by atoms with Crippen LogP contribution in [-0.4, -0.2) is 4.57 Å². The van der Waals surface area contributed by atoms with Crippen LogP contribution in [0.1, 0.15) is 37.7 Å². The molecule has 0 saturated carbocycles. The maximum absolute atomic E-state index is 2.37. The second kappa shape index (κ2) is 4.98. The van der Waals surface area contributed by atoms with Gasteiger partial charge in [-0.05, 0) is 41.7 Å². The average molecular weight is 293 g/mol. The number of rotatable bonds is 1. The van der Waals surface area contributed by atoms with E-state index in [1.54, 1.807) is 0 Å². The number of para-hydroxylation sites is 2. The van der Waals surface area contributed by atoms with E-state index in [2.05, 4.69) is 93.3 Å². The van der Waals surface area contributed by atoms with Crippen molar-refractivity contribution in [3.05, 3.63) is 59.4 Å². The zero-order valence-electron chi connectivity index (χ0n) is 14.4. The van der Waals surface area contributed by atoms with Crippen LogP contribution in [0.5, 0.6) is 0 Å². The molecule has 0 aliphatic heterocycles. The molecule has 1 aromatic heterocycles. The van der Waals surface area contributed by atoms with E-state index in [0.717, 1.165) is 0 Å². The Labute approximate surface area is 133 Å².